The van der Waals surface area contributed by atoms with E-state index in [0.717, 1.165) is 5.69 Å². The van der Waals surface area contributed by atoms with Gasteiger partial charge in [0.05, 0.1) is 0 Å². The molecule has 0 unspecified atom stereocenters. The van der Waals surface area contributed by atoms with Gasteiger partial charge in [0.15, 0.2) is 17.3 Å². The molecular formula is C10H11NO3. The zero-order valence-corrected chi connectivity index (χ0v) is 8.09. The largest absolute Gasteiger partial charge is 0.454 e. The molecule has 0 fully saturated rings. The predicted octanol–water partition coefficient (Wildman–Crippen LogP) is 1.66. The van der Waals surface area contributed by atoms with Crippen molar-refractivity contribution in [2.24, 2.45) is 0 Å². The van der Waals surface area contributed by atoms with Crippen molar-refractivity contribution in [3.8, 4) is 11.5 Å². The van der Waals surface area contributed by atoms with Gasteiger partial charge < -0.3 is 14.8 Å². The Labute approximate surface area is 81.8 Å². The molecule has 74 valence electrons. The Kier molecular flexibility index (Phi) is 2.04. The summed E-state index contributed by atoms with van der Waals surface area (Å²) in [6, 6.07) is 3.48. The van der Waals surface area contributed by atoms with E-state index in [1.807, 2.05) is 0 Å². The number of ether oxygens (including phenoxy) is 2. The molecule has 0 aliphatic carbocycles. The van der Waals surface area contributed by atoms with Crippen LogP contribution in [0, 0.1) is 0 Å². The molecule has 0 bridgehead atoms. The van der Waals surface area contributed by atoms with Crippen LogP contribution in [0.25, 0.3) is 0 Å². The number of hydrogen-bond donors (Lipinski definition) is 1. The Morgan fingerprint density at radius 2 is 2.00 bits per heavy atom. The number of anilines is 1. The lowest BCUT2D eigenvalue weighted by Gasteiger charge is -2.07. The van der Waals surface area contributed by atoms with Crippen LogP contribution in [0.1, 0.15) is 17.3 Å². The summed E-state index contributed by atoms with van der Waals surface area (Å²) in [6.07, 6.45) is 0. The molecule has 1 N–H and O–H groups in total. The number of nitrogens with one attached hydrogen (secondary N) is 1. The van der Waals surface area contributed by atoms with Gasteiger partial charge >= 0.3 is 0 Å². The van der Waals surface area contributed by atoms with E-state index in [0.29, 0.717) is 17.1 Å². The van der Waals surface area contributed by atoms with Crippen molar-refractivity contribution in [2.45, 2.75) is 6.92 Å². The second-order valence-corrected chi connectivity index (χ2v) is 3.06. The maximum atomic E-state index is 11.3. The van der Waals surface area contributed by atoms with Crippen molar-refractivity contribution in [3.05, 3.63) is 17.7 Å². The van der Waals surface area contributed by atoms with E-state index in [9.17, 15) is 4.79 Å². The highest BCUT2D eigenvalue weighted by atomic mass is 16.7. The third-order valence-electron chi connectivity index (χ3n) is 2.16. The summed E-state index contributed by atoms with van der Waals surface area (Å²) >= 11 is 0. The number of fused-ring (bicyclic) bond motifs is 1. The molecule has 4 heteroatoms. The fourth-order valence-corrected chi connectivity index (χ4v) is 1.44. The third kappa shape index (κ3) is 1.28. The summed E-state index contributed by atoms with van der Waals surface area (Å²) < 4.78 is 10.4. The normalized spacial score (nSPS) is 12.7. The number of ketones is 1. The van der Waals surface area contributed by atoms with Crippen LogP contribution in [-0.2, 0) is 0 Å². The monoisotopic (exact) mass is 193 g/mol. The molecule has 4 nitrogen and oxygen atoms in total. The molecule has 2 rings (SSSR count). The molecule has 0 spiro atoms. The highest BCUT2D eigenvalue weighted by Crippen LogP contribution is 2.36. The van der Waals surface area contributed by atoms with Crippen molar-refractivity contribution in [1.29, 1.82) is 0 Å². The number of benzene rings is 1. The molecular weight excluding hydrogens is 182 g/mol. The van der Waals surface area contributed by atoms with Gasteiger partial charge in [0.2, 0.25) is 6.79 Å². The van der Waals surface area contributed by atoms with E-state index in [1.54, 1.807) is 19.2 Å². The zero-order chi connectivity index (χ0) is 10.1. The molecule has 0 atom stereocenters. The molecule has 0 saturated carbocycles. The summed E-state index contributed by atoms with van der Waals surface area (Å²) in [5.41, 5.74) is 1.39. The van der Waals surface area contributed by atoms with E-state index in [4.69, 9.17) is 9.47 Å². The average Bonchev–Trinajstić information content (AvgIpc) is 2.62. The van der Waals surface area contributed by atoms with Gasteiger partial charge in [-0.05, 0) is 13.0 Å². The molecule has 14 heavy (non-hydrogen) atoms. The van der Waals surface area contributed by atoms with Gasteiger partial charge in [-0.1, -0.05) is 0 Å². The first-order valence-corrected chi connectivity index (χ1v) is 4.34. The molecule has 0 amide bonds. The number of carbonyl (C=O) groups is 1. The van der Waals surface area contributed by atoms with Crippen molar-refractivity contribution < 1.29 is 14.3 Å². The summed E-state index contributed by atoms with van der Waals surface area (Å²) in [7, 11) is 1.77. The zero-order valence-electron chi connectivity index (χ0n) is 8.09. The fraction of sp³-hybridized carbons (Fsp3) is 0.300. The molecule has 0 saturated heterocycles. The summed E-state index contributed by atoms with van der Waals surface area (Å²) in [6.45, 7) is 1.75. The Hall–Kier alpha value is -1.71. The fourth-order valence-electron chi connectivity index (χ4n) is 1.44. The van der Waals surface area contributed by atoms with Crippen LogP contribution in [0.3, 0.4) is 0 Å². The van der Waals surface area contributed by atoms with E-state index in [1.165, 1.54) is 6.92 Å². The SMILES string of the molecule is CNc1cc2c(cc1C(C)=O)OCO2. The number of Topliss-reactive ketones (excluding diaryl/α,β-unsaturated/α-hetero) is 1. The number of rotatable bonds is 2. The molecule has 1 aromatic carbocycles. The maximum absolute atomic E-state index is 11.3. The summed E-state index contributed by atoms with van der Waals surface area (Å²) in [5, 5.41) is 2.95. The lowest BCUT2D eigenvalue weighted by Crippen LogP contribution is -1.99. The Bertz CT molecular complexity index is 387. The minimum atomic E-state index is 0.00708. The van der Waals surface area contributed by atoms with Gasteiger partial charge in [0.1, 0.15) is 0 Å². The van der Waals surface area contributed by atoms with Crippen LogP contribution in [0.4, 0.5) is 5.69 Å². The first kappa shape index (κ1) is 8.87. The first-order valence-electron chi connectivity index (χ1n) is 4.34. The van der Waals surface area contributed by atoms with E-state index in [-0.39, 0.29) is 12.6 Å². The predicted molar refractivity (Wildman–Crippen MR) is 52.1 cm³/mol. The van der Waals surface area contributed by atoms with Crippen LogP contribution in [0.2, 0.25) is 0 Å². The van der Waals surface area contributed by atoms with Crippen LogP contribution < -0.4 is 14.8 Å². The maximum Gasteiger partial charge on any atom is 0.231 e. The van der Waals surface area contributed by atoms with E-state index < -0.39 is 0 Å². The van der Waals surface area contributed by atoms with Gasteiger partial charge in [-0.15, -0.1) is 0 Å². The second kappa shape index (κ2) is 3.21. The third-order valence-corrected chi connectivity index (χ3v) is 2.16. The summed E-state index contributed by atoms with van der Waals surface area (Å²) in [4.78, 5) is 11.3. The van der Waals surface area contributed by atoms with E-state index in [2.05, 4.69) is 5.32 Å². The molecule has 0 aromatic heterocycles. The number of carbonyl (C=O) groups excluding carboxylic acids is 1. The van der Waals surface area contributed by atoms with Crippen LogP contribution in [0.5, 0.6) is 11.5 Å². The summed E-state index contributed by atoms with van der Waals surface area (Å²) in [5.74, 6) is 1.32. The highest BCUT2D eigenvalue weighted by molar-refractivity contribution is 6.00. The minimum Gasteiger partial charge on any atom is -0.454 e. The molecule has 1 aliphatic heterocycles. The van der Waals surface area contributed by atoms with Crippen LogP contribution >= 0.6 is 0 Å². The van der Waals surface area contributed by atoms with Gasteiger partial charge in [-0.25, -0.2) is 0 Å². The van der Waals surface area contributed by atoms with E-state index >= 15 is 0 Å². The van der Waals surface area contributed by atoms with Crippen LogP contribution in [-0.4, -0.2) is 19.6 Å². The minimum absolute atomic E-state index is 0.00708. The molecule has 1 aliphatic rings. The van der Waals surface area contributed by atoms with Crippen molar-refractivity contribution in [2.75, 3.05) is 19.2 Å². The lowest BCUT2D eigenvalue weighted by molar-refractivity contribution is 0.101. The lowest BCUT2D eigenvalue weighted by atomic mass is 10.1. The molecule has 0 radical (unpaired) electrons. The second-order valence-electron chi connectivity index (χ2n) is 3.06. The van der Waals surface area contributed by atoms with Crippen LogP contribution in [0.15, 0.2) is 12.1 Å². The van der Waals surface area contributed by atoms with Gasteiger partial charge in [-0.2, -0.15) is 0 Å². The van der Waals surface area contributed by atoms with Gasteiger partial charge in [0.25, 0.3) is 0 Å². The average molecular weight is 193 g/mol. The van der Waals surface area contributed by atoms with Gasteiger partial charge in [0, 0.05) is 24.4 Å². The Morgan fingerprint density at radius 3 is 2.57 bits per heavy atom. The Balaban J connectivity index is 2.54. The van der Waals surface area contributed by atoms with Crippen molar-refractivity contribution >= 4 is 11.5 Å². The van der Waals surface area contributed by atoms with Gasteiger partial charge in [-0.3, -0.25) is 4.79 Å². The molecule has 1 heterocycles. The van der Waals surface area contributed by atoms with Crippen molar-refractivity contribution in [3.63, 3.8) is 0 Å². The molecule has 1 aromatic rings. The smallest absolute Gasteiger partial charge is 0.231 e. The first-order chi connectivity index (χ1) is 6.72. The quantitative estimate of drug-likeness (QED) is 0.725. The highest BCUT2D eigenvalue weighted by Gasteiger charge is 2.18. The van der Waals surface area contributed by atoms with Crippen molar-refractivity contribution in [1.82, 2.24) is 0 Å². The topological polar surface area (TPSA) is 47.6 Å². The Morgan fingerprint density at radius 1 is 1.36 bits per heavy atom. The number of hydrogen-bond acceptors (Lipinski definition) is 4. The standard InChI is InChI=1S/C10H11NO3/c1-6(12)7-3-9-10(14-5-13-9)4-8(7)11-2/h3-4,11H,5H2,1-2H3.